The molecule has 1 N–H and O–H groups in total. The molecule has 0 aromatic heterocycles. The lowest BCUT2D eigenvalue weighted by Gasteiger charge is -2.18. The van der Waals surface area contributed by atoms with Crippen molar-refractivity contribution in [3.63, 3.8) is 0 Å². The van der Waals surface area contributed by atoms with E-state index in [1.807, 2.05) is 0 Å². The molecule has 0 heterocycles. The van der Waals surface area contributed by atoms with E-state index >= 15 is 0 Å². The quantitative estimate of drug-likeness (QED) is 0.715. The molecule has 0 aliphatic carbocycles. The standard InChI is InChI=1S/C19H20ClNO5/c1-24-15-7-9-16(10-8-15)26-12-18(22)21-17(11-19(23)25-2)13-3-5-14(20)6-4-13/h3-10,17H,11-12H2,1-2H3,(H,21,22). The molecule has 0 saturated heterocycles. The zero-order chi connectivity index (χ0) is 18.9. The van der Waals surface area contributed by atoms with Crippen LogP contribution < -0.4 is 14.8 Å². The third-order valence-corrected chi connectivity index (χ3v) is 3.89. The lowest BCUT2D eigenvalue weighted by molar-refractivity contribution is -0.141. The first-order valence-corrected chi connectivity index (χ1v) is 8.28. The fourth-order valence-corrected chi connectivity index (χ4v) is 2.38. The smallest absolute Gasteiger partial charge is 0.307 e. The van der Waals surface area contributed by atoms with Crippen LogP contribution in [0, 0.1) is 0 Å². The Morgan fingerprint density at radius 3 is 2.19 bits per heavy atom. The average Bonchev–Trinajstić information content (AvgIpc) is 2.66. The van der Waals surface area contributed by atoms with Gasteiger partial charge in [-0.1, -0.05) is 23.7 Å². The van der Waals surface area contributed by atoms with Gasteiger partial charge in [0.15, 0.2) is 6.61 Å². The molecule has 1 amide bonds. The number of carbonyl (C=O) groups is 2. The molecule has 2 rings (SSSR count). The third-order valence-electron chi connectivity index (χ3n) is 3.64. The van der Waals surface area contributed by atoms with Crippen molar-refractivity contribution >= 4 is 23.5 Å². The molecular weight excluding hydrogens is 358 g/mol. The number of halogens is 1. The molecule has 7 heteroatoms. The highest BCUT2D eigenvalue weighted by atomic mass is 35.5. The van der Waals surface area contributed by atoms with Gasteiger partial charge in [0.25, 0.3) is 5.91 Å². The molecule has 6 nitrogen and oxygen atoms in total. The molecule has 0 bridgehead atoms. The predicted molar refractivity (Wildman–Crippen MR) is 97.5 cm³/mol. The number of carbonyl (C=O) groups excluding carboxylic acids is 2. The topological polar surface area (TPSA) is 73.9 Å². The Kier molecular flexibility index (Phi) is 7.29. The number of nitrogens with one attached hydrogen (secondary N) is 1. The maximum atomic E-state index is 12.2. The van der Waals surface area contributed by atoms with E-state index in [4.69, 9.17) is 25.8 Å². The number of hydrogen-bond acceptors (Lipinski definition) is 5. The summed E-state index contributed by atoms with van der Waals surface area (Å²) in [5.41, 5.74) is 0.748. The van der Waals surface area contributed by atoms with Crippen molar-refractivity contribution in [3.05, 3.63) is 59.1 Å². The lowest BCUT2D eigenvalue weighted by atomic mass is 10.0. The molecule has 1 unspecified atom stereocenters. The molecule has 0 radical (unpaired) electrons. The van der Waals surface area contributed by atoms with Crippen molar-refractivity contribution in [1.82, 2.24) is 5.32 Å². The zero-order valence-electron chi connectivity index (χ0n) is 14.5. The summed E-state index contributed by atoms with van der Waals surface area (Å²) in [4.78, 5) is 23.9. The molecule has 1 atom stereocenters. The minimum absolute atomic E-state index is 0.00636. The number of methoxy groups -OCH3 is 2. The number of esters is 1. The second-order valence-electron chi connectivity index (χ2n) is 5.42. The van der Waals surface area contributed by atoms with Crippen molar-refractivity contribution in [2.45, 2.75) is 12.5 Å². The highest BCUT2D eigenvalue weighted by Gasteiger charge is 2.19. The minimum atomic E-state index is -0.535. The Labute approximate surface area is 157 Å². The van der Waals surface area contributed by atoms with Crippen LogP contribution in [0.5, 0.6) is 11.5 Å². The minimum Gasteiger partial charge on any atom is -0.497 e. The molecule has 0 saturated carbocycles. The molecule has 0 aliphatic heterocycles. The van der Waals surface area contributed by atoms with Gasteiger partial charge in [-0.05, 0) is 42.0 Å². The van der Waals surface area contributed by atoms with E-state index in [9.17, 15) is 9.59 Å². The molecular formula is C19H20ClNO5. The van der Waals surface area contributed by atoms with Crippen LogP contribution in [0.4, 0.5) is 0 Å². The van der Waals surface area contributed by atoms with Crippen LogP contribution in [0.25, 0.3) is 0 Å². The molecule has 2 aromatic carbocycles. The monoisotopic (exact) mass is 377 g/mol. The Morgan fingerprint density at radius 2 is 1.62 bits per heavy atom. The number of rotatable bonds is 8. The Morgan fingerprint density at radius 1 is 1.00 bits per heavy atom. The molecule has 0 aliphatic rings. The third kappa shape index (κ3) is 5.97. The largest absolute Gasteiger partial charge is 0.497 e. The molecule has 0 fully saturated rings. The van der Waals surface area contributed by atoms with E-state index in [-0.39, 0.29) is 18.9 Å². The maximum absolute atomic E-state index is 12.2. The SMILES string of the molecule is COC(=O)CC(NC(=O)COc1ccc(OC)cc1)c1ccc(Cl)cc1. The van der Waals surface area contributed by atoms with Crippen LogP contribution >= 0.6 is 11.6 Å². The van der Waals surface area contributed by atoms with Crippen LogP contribution in [0.3, 0.4) is 0 Å². The van der Waals surface area contributed by atoms with Crippen LogP contribution in [-0.4, -0.2) is 32.7 Å². The van der Waals surface area contributed by atoms with Crippen LogP contribution in [0.1, 0.15) is 18.0 Å². The maximum Gasteiger partial charge on any atom is 0.307 e. The van der Waals surface area contributed by atoms with E-state index < -0.39 is 12.0 Å². The van der Waals surface area contributed by atoms with Crippen molar-refractivity contribution in [2.24, 2.45) is 0 Å². The first-order valence-electron chi connectivity index (χ1n) is 7.90. The van der Waals surface area contributed by atoms with E-state index in [1.54, 1.807) is 55.6 Å². The summed E-state index contributed by atoms with van der Waals surface area (Å²) < 4.78 is 15.2. The van der Waals surface area contributed by atoms with Gasteiger partial charge in [-0.25, -0.2) is 0 Å². The van der Waals surface area contributed by atoms with Gasteiger partial charge in [0.1, 0.15) is 11.5 Å². The second-order valence-corrected chi connectivity index (χ2v) is 5.85. The molecule has 26 heavy (non-hydrogen) atoms. The first kappa shape index (κ1) is 19.6. The number of ether oxygens (including phenoxy) is 3. The highest BCUT2D eigenvalue weighted by molar-refractivity contribution is 6.30. The Hall–Kier alpha value is -2.73. The van der Waals surface area contributed by atoms with Crippen molar-refractivity contribution in [2.75, 3.05) is 20.8 Å². The van der Waals surface area contributed by atoms with Crippen molar-refractivity contribution in [1.29, 1.82) is 0 Å². The summed E-state index contributed by atoms with van der Waals surface area (Å²) in [6, 6.07) is 13.2. The van der Waals surface area contributed by atoms with Crippen LogP contribution in [-0.2, 0) is 14.3 Å². The second kappa shape index (κ2) is 9.68. The lowest BCUT2D eigenvalue weighted by Crippen LogP contribution is -2.34. The fraction of sp³-hybridized carbons (Fsp3) is 0.263. The number of benzene rings is 2. The molecule has 138 valence electrons. The predicted octanol–water partition coefficient (Wildman–Crippen LogP) is 3.15. The Balaban J connectivity index is 1.98. The molecule has 2 aromatic rings. The summed E-state index contributed by atoms with van der Waals surface area (Å²) in [7, 11) is 2.87. The van der Waals surface area contributed by atoms with Crippen LogP contribution in [0.2, 0.25) is 5.02 Å². The van der Waals surface area contributed by atoms with E-state index in [2.05, 4.69) is 5.32 Å². The van der Waals surface area contributed by atoms with E-state index in [0.717, 1.165) is 5.56 Å². The zero-order valence-corrected chi connectivity index (χ0v) is 15.3. The van der Waals surface area contributed by atoms with E-state index in [1.165, 1.54) is 7.11 Å². The van der Waals surface area contributed by atoms with Crippen LogP contribution in [0.15, 0.2) is 48.5 Å². The highest BCUT2D eigenvalue weighted by Crippen LogP contribution is 2.20. The molecule has 0 spiro atoms. The summed E-state index contributed by atoms with van der Waals surface area (Å²) >= 11 is 5.89. The van der Waals surface area contributed by atoms with Crippen molar-refractivity contribution < 1.29 is 23.8 Å². The van der Waals surface area contributed by atoms with Gasteiger partial charge in [-0.3, -0.25) is 9.59 Å². The van der Waals surface area contributed by atoms with Gasteiger partial charge >= 0.3 is 5.97 Å². The van der Waals surface area contributed by atoms with Gasteiger partial charge in [0, 0.05) is 5.02 Å². The van der Waals surface area contributed by atoms with Gasteiger partial charge in [-0.2, -0.15) is 0 Å². The van der Waals surface area contributed by atoms with Gasteiger partial charge < -0.3 is 19.5 Å². The first-order chi connectivity index (χ1) is 12.5. The summed E-state index contributed by atoms with van der Waals surface area (Å²) in [6.07, 6.45) is 0.00636. The van der Waals surface area contributed by atoms with Gasteiger partial charge in [0.2, 0.25) is 0 Å². The average molecular weight is 378 g/mol. The fourth-order valence-electron chi connectivity index (χ4n) is 2.25. The summed E-state index contributed by atoms with van der Waals surface area (Å²) in [5, 5.41) is 3.35. The summed E-state index contributed by atoms with van der Waals surface area (Å²) in [5.74, 6) is 0.450. The van der Waals surface area contributed by atoms with Gasteiger partial charge in [-0.15, -0.1) is 0 Å². The van der Waals surface area contributed by atoms with E-state index in [0.29, 0.717) is 16.5 Å². The van der Waals surface area contributed by atoms with Gasteiger partial charge in [0.05, 0.1) is 26.7 Å². The summed E-state index contributed by atoms with van der Waals surface area (Å²) in [6.45, 7) is -0.183. The number of amides is 1. The number of hydrogen-bond donors (Lipinski definition) is 1. The normalized spacial score (nSPS) is 11.3. The van der Waals surface area contributed by atoms with Crippen molar-refractivity contribution in [3.8, 4) is 11.5 Å². The Bertz CT molecular complexity index is 731.